The van der Waals surface area contributed by atoms with Crippen molar-refractivity contribution in [3.63, 3.8) is 0 Å². The van der Waals surface area contributed by atoms with E-state index in [1.807, 2.05) is 30.3 Å². The van der Waals surface area contributed by atoms with Crippen LogP contribution in [0.4, 0.5) is 0 Å². The number of nitrogens with zero attached hydrogens (tertiary/aromatic N) is 4. The zero-order chi connectivity index (χ0) is 9.10. The molecule has 1 aromatic heterocycles. The fourth-order valence-electron chi connectivity index (χ4n) is 1.07. The summed E-state index contributed by atoms with van der Waals surface area (Å²) in [5, 5.41) is 10.8. The molecular weight excluding hydrogens is 188 g/mol. The molecule has 0 aliphatic rings. The number of halogens is 1. The molecule has 1 aromatic carbocycles. The van der Waals surface area contributed by atoms with Gasteiger partial charge in [0.05, 0.1) is 0 Å². The van der Waals surface area contributed by atoms with Gasteiger partial charge in [0.15, 0.2) is 5.82 Å². The summed E-state index contributed by atoms with van der Waals surface area (Å²) in [6.07, 6.45) is 0.650. The summed E-state index contributed by atoms with van der Waals surface area (Å²) in [5.74, 6) is 0.646. The Bertz CT molecular complexity index is 384. The summed E-state index contributed by atoms with van der Waals surface area (Å²) in [5.41, 5.74) is 1.14. The van der Waals surface area contributed by atoms with Crippen molar-refractivity contribution >= 4 is 11.8 Å². The van der Waals surface area contributed by atoms with Gasteiger partial charge in [0.25, 0.3) is 0 Å². The Balaban J connectivity index is 2.20. The molecule has 0 fully saturated rings. The van der Waals surface area contributed by atoms with Crippen molar-refractivity contribution in [2.75, 3.05) is 0 Å². The normalized spacial score (nSPS) is 10.2. The number of rotatable bonds is 2. The molecule has 13 heavy (non-hydrogen) atoms. The van der Waals surface area contributed by atoms with E-state index in [-0.39, 0.29) is 0 Å². The van der Waals surface area contributed by atoms with Gasteiger partial charge in [0.2, 0.25) is 0 Å². The summed E-state index contributed by atoms with van der Waals surface area (Å²) < 4.78 is 1.16. The maximum atomic E-state index is 5.67. The first kappa shape index (κ1) is 8.19. The summed E-state index contributed by atoms with van der Waals surface area (Å²) in [7, 11) is 0. The minimum atomic E-state index is 0.646. The highest BCUT2D eigenvalue weighted by Crippen LogP contribution is 2.05. The van der Waals surface area contributed by atoms with Crippen molar-refractivity contribution in [1.82, 2.24) is 19.7 Å². The summed E-state index contributed by atoms with van der Waals surface area (Å²) in [6.45, 7) is 0. The molecule has 0 aliphatic heterocycles. The van der Waals surface area contributed by atoms with Crippen LogP contribution >= 0.6 is 11.8 Å². The lowest BCUT2D eigenvalue weighted by Crippen LogP contribution is -1.95. The monoisotopic (exact) mass is 194 g/mol. The van der Waals surface area contributed by atoms with Gasteiger partial charge in [-0.15, -0.1) is 9.30 Å². The molecule has 0 bridgehead atoms. The molecule has 4 nitrogen and oxygen atoms in total. The van der Waals surface area contributed by atoms with Crippen LogP contribution in [0.25, 0.3) is 0 Å². The molecule has 0 radical (unpaired) electrons. The molecule has 0 amide bonds. The average molecular weight is 195 g/mol. The summed E-state index contributed by atoms with van der Waals surface area (Å²) in [6, 6.07) is 9.92. The smallest absolute Gasteiger partial charge is 0.135 e. The van der Waals surface area contributed by atoms with Gasteiger partial charge in [0.1, 0.15) is 0 Å². The molecule has 1 heterocycles. The highest BCUT2D eigenvalue weighted by Gasteiger charge is 2.03. The van der Waals surface area contributed by atoms with Crippen molar-refractivity contribution in [1.29, 1.82) is 0 Å². The van der Waals surface area contributed by atoms with Gasteiger partial charge in [-0.05, 0) is 16.0 Å². The zero-order valence-electron chi connectivity index (χ0n) is 6.76. The molecule has 2 aromatic rings. The van der Waals surface area contributed by atoms with Crippen LogP contribution in [0.5, 0.6) is 0 Å². The van der Waals surface area contributed by atoms with E-state index in [2.05, 4.69) is 15.5 Å². The van der Waals surface area contributed by atoms with Crippen molar-refractivity contribution < 1.29 is 0 Å². The largest absolute Gasteiger partial charge is 0.174 e. The summed E-state index contributed by atoms with van der Waals surface area (Å²) in [4.78, 5) is 0. The molecule has 0 saturated heterocycles. The molecular formula is C8H7ClN4. The number of tetrazole rings is 1. The second-order valence-electron chi connectivity index (χ2n) is 2.62. The Morgan fingerprint density at radius 1 is 1.23 bits per heavy atom. The van der Waals surface area contributed by atoms with Crippen LogP contribution in [0.1, 0.15) is 11.4 Å². The van der Waals surface area contributed by atoms with Crippen LogP contribution in [0.2, 0.25) is 0 Å². The Morgan fingerprint density at radius 2 is 2.00 bits per heavy atom. The van der Waals surface area contributed by atoms with Crippen LogP contribution in [-0.2, 0) is 6.42 Å². The predicted octanol–water partition coefficient (Wildman–Crippen LogP) is 1.27. The molecule has 0 aliphatic carbocycles. The van der Waals surface area contributed by atoms with Gasteiger partial charge < -0.3 is 0 Å². The van der Waals surface area contributed by atoms with Crippen molar-refractivity contribution in [2.24, 2.45) is 0 Å². The molecule has 0 saturated carbocycles. The van der Waals surface area contributed by atoms with Gasteiger partial charge in [0, 0.05) is 18.2 Å². The number of aromatic nitrogens is 4. The summed E-state index contributed by atoms with van der Waals surface area (Å²) >= 11 is 5.67. The Labute approximate surface area is 80.3 Å². The number of benzene rings is 1. The van der Waals surface area contributed by atoms with E-state index in [0.717, 1.165) is 9.76 Å². The highest BCUT2D eigenvalue weighted by molar-refractivity contribution is 6.14. The maximum Gasteiger partial charge on any atom is 0.174 e. The second kappa shape index (κ2) is 3.53. The third kappa shape index (κ3) is 1.84. The van der Waals surface area contributed by atoms with Crippen molar-refractivity contribution in [2.45, 2.75) is 6.42 Å². The average Bonchev–Trinajstić information content (AvgIpc) is 2.54. The fourth-order valence-corrected chi connectivity index (χ4v) is 1.20. The second-order valence-corrected chi connectivity index (χ2v) is 2.94. The highest BCUT2D eigenvalue weighted by atomic mass is 35.5. The quantitative estimate of drug-likeness (QED) is 0.723. The van der Waals surface area contributed by atoms with Gasteiger partial charge in [-0.1, -0.05) is 30.3 Å². The first-order valence-electron chi connectivity index (χ1n) is 3.83. The molecule has 2 rings (SSSR count). The minimum Gasteiger partial charge on any atom is -0.135 e. The van der Waals surface area contributed by atoms with E-state index in [9.17, 15) is 0 Å². The SMILES string of the molecule is Cln1nnnc1Cc1ccccc1. The third-order valence-corrected chi connectivity index (χ3v) is 1.96. The molecule has 0 unspecified atom stereocenters. The van der Waals surface area contributed by atoms with Gasteiger partial charge >= 0.3 is 0 Å². The Morgan fingerprint density at radius 3 is 2.62 bits per heavy atom. The van der Waals surface area contributed by atoms with Crippen molar-refractivity contribution in [3.8, 4) is 0 Å². The van der Waals surface area contributed by atoms with E-state index >= 15 is 0 Å². The van der Waals surface area contributed by atoms with Crippen LogP contribution in [0.15, 0.2) is 30.3 Å². The Hall–Kier alpha value is -1.42. The number of hydrogen-bond donors (Lipinski definition) is 0. The van der Waals surface area contributed by atoms with E-state index in [0.29, 0.717) is 12.2 Å². The standard InChI is InChI=1S/C8H7ClN4/c9-13-8(10-11-12-13)6-7-4-2-1-3-5-7/h1-5H,6H2. The minimum absolute atomic E-state index is 0.646. The van der Waals surface area contributed by atoms with Crippen LogP contribution in [0, 0.1) is 0 Å². The zero-order valence-corrected chi connectivity index (χ0v) is 7.52. The first-order chi connectivity index (χ1) is 6.36. The van der Waals surface area contributed by atoms with Gasteiger partial charge in [-0.3, -0.25) is 0 Å². The third-order valence-electron chi connectivity index (χ3n) is 1.70. The Kier molecular flexibility index (Phi) is 2.23. The molecule has 0 N–H and O–H groups in total. The molecule has 5 heteroatoms. The fraction of sp³-hybridized carbons (Fsp3) is 0.125. The predicted molar refractivity (Wildman–Crippen MR) is 48.3 cm³/mol. The molecule has 0 spiro atoms. The van der Waals surface area contributed by atoms with Gasteiger partial charge in [-0.2, -0.15) is 0 Å². The lowest BCUT2D eigenvalue weighted by atomic mass is 10.1. The van der Waals surface area contributed by atoms with Crippen LogP contribution in [-0.4, -0.2) is 19.7 Å². The maximum absolute atomic E-state index is 5.67. The first-order valence-corrected chi connectivity index (χ1v) is 4.17. The van der Waals surface area contributed by atoms with E-state index in [1.54, 1.807) is 0 Å². The van der Waals surface area contributed by atoms with E-state index in [1.165, 1.54) is 0 Å². The van der Waals surface area contributed by atoms with Gasteiger partial charge in [-0.25, -0.2) is 0 Å². The van der Waals surface area contributed by atoms with Crippen LogP contribution in [0.3, 0.4) is 0 Å². The van der Waals surface area contributed by atoms with Crippen molar-refractivity contribution in [3.05, 3.63) is 41.7 Å². The van der Waals surface area contributed by atoms with E-state index in [4.69, 9.17) is 11.8 Å². The lowest BCUT2D eigenvalue weighted by molar-refractivity contribution is 0.839. The lowest BCUT2D eigenvalue weighted by Gasteiger charge is -1.96. The molecule has 0 atom stereocenters. The molecule has 66 valence electrons. The number of hydrogen-bond acceptors (Lipinski definition) is 3. The van der Waals surface area contributed by atoms with Crippen LogP contribution < -0.4 is 0 Å². The van der Waals surface area contributed by atoms with E-state index < -0.39 is 0 Å². The topological polar surface area (TPSA) is 43.6 Å².